The van der Waals surface area contributed by atoms with Gasteiger partial charge in [0.15, 0.2) is 5.78 Å². The van der Waals surface area contributed by atoms with Crippen molar-refractivity contribution in [2.24, 2.45) is 5.92 Å². The highest BCUT2D eigenvalue weighted by Crippen LogP contribution is 2.30. The molecule has 0 radical (unpaired) electrons. The van der Waals surface area contributed by atoms with Crippen molar-refractivity contribution in [3.63, 3.8) is 0 Å². The van der Waals surface area contributed by atoms with E-state index in [1.165, 1.54) is 29.3 Å². The minimum Gasteiger partial charge on any atom is -0.293 e. The fraction of sp³-hybridized carbons (Fsp3) is 0.533. The van der Waals surface area contributed by atoms with Crippen LogP contribution in [0.4, 0.5) is 0 Å². The average molecular weight is 280 g/mol. The van der Waals surface area contributed by atoms with E-state index in [1.54, 1.807) is 22.7 Å². The number of thiophene rings is 2. The third kappa shape index (κ3) is 3.21. The average Bonchev–Trinajstić information content (AvgIpc) is 2.94. The molecule has 2 aromatic rings. The summed E-state index contributed by atoms with van der Waals surface area (Å²) in [5.74, 6) is 0.904. The van der Waals surface area contributed by atoms with E-state index in [-0.39, 0.29) is 0 Å². The smallest absolute Gasteiger partial charge is 0.173 e. The summed E-state index contributed by atoms with van der Waals surface area (Å²) >= 11 is 3.36. The quantitative estimate of drug-likeness (QED) is 0.590. The van der Waals surface area contributed by atoms with Crippen molar-refractivity contribution < 1.29 is 4.79 Å². The first-order valence-corrected chi connectivity index (χ1v) is 8.49. The van der Waals surface area contributed by atoms with Gasteiger partial charge in [-0.25, -0.2) is 0 Å². The third-order valence-electron chi connectivity index (χ3n) is 3.45. The van der Waals surface area contributed by atoms with E-state index >= 15 is 0 Å². The molecule has 0 bridgehead atoms. The van der Waals surface area contributed by atoms with Gasteiger partial charge >= 0.3 is 0 Å². The molecule has 0 aliphatic carbocycles. The van der Waals surface area contributed by atoms with Crippen LogP contribution in [-0.4, -0.2) is 5.78 Å². The van der Waals surface area contributed by atoms with Crippen molar-refractivity contribution in [3.8, 4) is 0 Å². The van der Waals surface area contributed by atoms with Gasteiger partial charge in [-0.05, 0) is 17.4 Å². The van der Waals surface area contributed by atoms with E-state index in [0.717, 1.165) is 17.7 Å². The lowest BCUT2D eigenvalue weighted by Gasteiger charge is -2.12. The SMILES string of the molecule is CCCCC(CC)CC(=O)c1cc2cscc2s1. The van der Waals surface area contributed by atoms with E-state index in [2.05, 4.69) is 30.7 Å². The molecule has 1 unspecified atom stereocenters. The van der Waals surface area contributed by atoms with Crippen LogP contribution >= 0.6 is 22.7 Å². The molecular weight excluding hydrogens is 260 g/mol. The van der Waals surface area contributed by atoms with Crippen LogP contribution in [0.3, 0.4) is 0 Å². The van der Waals surface area contributed by atoms with Gasteiger partial charge in [0.2, 0.25) is 0 Å². The number of ketones is 1. The van der Waals surface area contributed by atoms with Gasteiger partial charge in [0, 0.05) is 21.9 Å². The van der Waals surface area contributed by atoms with Gasteiger partial charge in [-0.3, -0.25) is 4.79 Å². The molecule has 0 aliphatic heterocycles. The topological polar surface area (TPSA) is 17.1 Å². The molecule has 0 N–H and O–H groups in total. The first-order valence-electron chi connectivity index (χ1n) is 6.73. The van der Waals surface area contributed by atoms with Crippen LogP contribution in [-0.2, 0) is 0 Å². The van der Waals surface area contributed by atoms with Crippen LogP contribution in [0.15, 0.2) is 16.8 Å². The van der Waals surface area contributed by atoms with E-state index in [0.29, 0.717) is 11.7 Å². The highest BCUT2D eigenvalue weighted by atomic mass is 32.1. The lowest BCUT2D eigenvalue weighted by molar-refractivity contribution is 0.0961. The van der Waals surface area contributed by atoms with E-state index in [4.69, 9.17) is 0 Å². The molecule has 0 saturated heterocycles. The maximum atomic E-state index is 12.3. The number of rotatable bonds is 7. The number of hydrogen-bond donors (Lipinski definition) is 0. The Bertz CT molecular complexity index is 481. The molecule has 0 spiro atoms. The van der Waals surface area contributed by atoms with E-state index < -0.39 is 0 Å². The minimum absolute atomic E-state index is 0.337. The maximum absolute atomic E-state index is 12.3. The normalized spacial score (nSPS) is 13.0. The van der Waals surface area contributed by atoms with Crippen molar-refractivity contribution in [2.45, 2.75) is 46.0 Å². The molecule has 1 nitrogen and oxygen atoms in total. The van der Waals surface area contributed by atoms with Crippen LogP contribution in [0.2, 0.25) is 0 Å². The molecule has 0 aliphatic rings. The lowest BCUT2D eigenvalue weighted by atomic mass is 9.93. The molecule has 3 heteroatoms. The summed E-state index contributed by atoms with van der Waals surface area (Å²) in [6, 6.07) is 2.06. The summed E-state index contributed by atoms with van der Waals surface area (Å²) < 4.78 is 1.25. The van der Waals surface area contributed by atoms with Crippen LogP contribution < -0.4 is 0 Å². The summed E-state index contributed by atoms with van der Waals surface area (Å²) in [6.45, 7) is 4.40. The summed E-state index contributed by atoms with van der Waals surface area (Å²) in [4.78, 5) is 13.2. The number of fused-ring (bicyclic) bond motifs is 1. The van der Waals surface area contributed by atoms with Crippen LogP contribution in [0.1, 0.15) is 55.6 Å². The predicted molar refractivity (Wildman–Crippen MR) is 82.0 cm³/mol. The Labute approximate surface area is 117 Å². The summed E-state index contributed by atoms with van der Waals surface area (Å²) in [6.07, 6.45) is 5.50. The Morgan fingerprint density at radius 2 is 2.17 bits per heavy atom. The zero-order chi connectivity index (χ0) is 13.0. The number of Topliss-reactive ketones (excluding diaryl/α,β-unsaturated/α-hetero) is 1. The highest BCUT2D eigenvalue weighted by molar-refractivity contribution is 7.24. The summed E-state index contributed by atoms with van der Waals surface area (Å²) in [5, 5.41) is 5.48. The summed E-state index contributed by atoms with van der Waals surface area (Å²) in [5.41, 5.74) is 0. The van der Waals surface area contributed by atoms with Crippen molar-refractivity contribution in [3.05, 3.63) is 21.7 Å². The molecule has 1 atom stereocenters. The van der Waals surface area contributed by atoms with Gasteiger partial charge in [0.05, 0.1) is 4.88 Å². The standard InChI is InChI=1S/C15H20OS2/c1-3-5-6-11(4-2)7-13(16)14-8-12-9-17-10-15(12)18-14/h8-11H,3-7H2,1-2H3. The first kappa shape index (κ1) is 13.8. The molecule has 98 valence electrons. The van der Waals surface area contributed by atoms with Gasteiger partial charge in [-0.2, -0.15) is 11.3 Å². The van der Waals surface area contributed by atoms with E-state index in [1.807, 2.05) is 0 Å². The van der Waals surface area contributed by atoms with Crippen molar-refractivity contribution in [1.82, 2.24) is 0 Å². The van der Waals surface area contributed by atoms with Gasteiger partial charge in [-0.15, -0.1) is 11.3 Å². The first-order chi connectivity index (χ1) is 8.74. The second-order valence-electron chi connectivity index (χ2n) is 4.85. The summed E-state index contributed by atoms with van der Waals surface area (Å²) in [7, 11) is 0. The van der Waals surface area contributed by atoms with Gasteiger partial charge in [0.1, 0.15) is 0 Å². The van der Waals surface area contributed by atoms with Crippen molar-refractivity contribution in [2.75, 3.05) is 0 Å². The van der Waals surface area contributed by atoms with Crippen LogP contribution in [0.5, 0.6) is 0 Å². The largest absolute Gasteiger partial charge is 0.293 e. The Morgan fingerprint density at radius 3 is 2.83 bits per heavy atom. The number of carbonyl (C=O) groups excluding carboxylic acids is 1. The second kappa shape index (κ2) is 6.48. The fourth-order valence-electron chi connectivity index (χ4n) is 2.22. The molecule has 2 heterocycles. The third-order valence-corrected chi connectivity index (χ3v) is 5.50. The Balaban J connectivity index is 2.00. The van der Waals surface area contributed by atoms with Gasteiger partial charge in [0.25, 0.3) is 0 Å². The molecule has 2 rings (SSSR count). The Kier molecular flexibility index (Phi) is 4.95. The molecule has 0 fully saturated rings. The minimum atomic E-state index is 0.337. The number of hydrogen-bond acceptors (Lipinski definition) is 3. The van der Waals surface area contributed by atoms with Gasteiger partial charge in [-0.1, -0.05) is 39.5 Å². The second-order valence-corrected chi connectivity index (χ2v) is 6.67. The van der Waals surface area contributed by atoms with Crippen molar-refractivity contribution in [1.29, 1.82) is 0 Å². The molecule has 0 amide bonds. The Morgan fingerprint density at radius 1 is 1.33 bits per heavy atom. The molecule has 18 heavy (non-hydrogen) atoms. The molecule has 2 aromatic heterocycles. The molecule has 0 saturated carbocycles. The van der Waals surface area contributed by atoms with Crippen LogP contribution in [0.25, 0.3) is 10.1 Å². The zero-order valence-corrected chi connectivity index (χ0v) is 12.7. The number of carbonyl (C=O) groups is 1. The van der Waals surface area contributed by atoms with E-state index in [9.17, 15) is 4.79 Å². The molecular formula is C15H20OS2. The van der Waals surface area contributed by atoms with Crippen LogP contribution in [0, 0.1) is 5.92 Å². The Hall–Kier alpha value is -0.670. The monoisotopic (exact) mass is 280 g/mol. The lowest BCUT2D eigenvalue weighted by Crippen LogP contribution is -2.07. The zero-order valence-electron chi connectivity index (χ0n) is 11.1. The molecule has 0 aromatic carbocycles. The van der Waals surface area contributed by atoms with Gasteiger partial charge < -0.3 is 0 Å². The number of unbranched alkanes of at least 4 members (excludes halogenated alkanes) is 1. The highest BCUT2D eigenvalue weighted by Gasteiger charge is 2.15. The van der Waals surface area contributed by atoms with Crippen molar-refractivity contribution >= 4 is 38.5 Å². The predicted octanol–water partition coefficient (Wildman–Crippen LogP) is 5.75. The fourth-order valence-corrected chi connectivity index (χ4v) is 4.17. The maximum Gasteiger partial charge on any atom is 0.173 e.